The maximum atomic E-state index is 13.4. The molecule has 0 nitrogen and oxygen atoms in total. The maximum Gasteiger partial charge on any atom is 0.416 e. The van der Waals surface area contributed by atoms with E-state index in [0.29, 0.717) is 39.8 Å². The molecule has 8 aliphatic carbocycles. The van der Waals surface area contributed by atoms with Gasteiger partial charge in [-0.15, -0.1) is 69.1 Å². The molecule has 19 heteroatoms. The van der Waals surface area contributed by atoms with Gasteiger partial charge in [0.25, 0.3) is 0 Å². The molecule has 6 aromatic carbocycles. The molecule has 0 unspecified atom stereocenters. The molecule has 8 saturated carbocycles. The van der Waals surface area contributed by atoms with E-state index in [-0.39, 0.29) is 48.1 Å². The first kappa shape index (κ1) is 61.8. The first-order chi connectivity index (χ1) is 36.0. The second kappa shape index (κ2) is 23.4. The monoisotopic (exact) mass is 1250 g/mol. The molecule has 79 heavy (non-hydrogen) atoms. The molecule has 0 saturated heterocycles. The van der Waals surface area contributed by atoms with E-state index in [1.807, 2.05) is 30.8 Å². The molecule has 6 aromatic rings. The molecule has 0 heterocycles. The van der Waals surface area contributed by atoms with Gasteiger partial charge in [-0.3, -0.25) is 0 Å². The minimum absolute atomic E-state index is 0. The van der Waals surface area contributed by atoms with E-state index in [2.05, 4.69) is 12.1 Å². The van der Waals surface area contributed by atoms with Crippen LogP contribution < -0.4 is 24.8 Å². The first-order valence-electron chi connectivity index (χ1n) is 26.6. The van der Waals surface area contributed by atoms with Crippen molar-refractivity contribution in [3.05, 3.63) is 130 Å². The van der Waals surface area contributed by atoms with Crippen molar-refractivity contribution in [2.75, 3.05) is 0 Å². The quantitative estimate of drug-likeness (QED) is 0.0809. The van der Waals surface area contributed by atoms with Gasteiger partial charge >= 0.3 is 91.8 Å². The van der Waals surface area contributed by atoms with E-state index >= 15 is 0 Å². The van der Waals surface area contributed by atoms with Crippen molar-refractivity contribution in [1.29, 1.82) is 0 Å². The SMILES string of the molecule is C[Si](=[Zr+2])CCC(F)(F)F.FC(F)(F)c1cc(-c2cccc3[cH-]c(CC4C5CC6CC(C5)CC4C6)cc23)cc(C(F)(F)F)c1.FC(F)(F)c1cc(-c2cccc3[cH-]c(CC4C5CC6CC(C5)CC4C6)cc23)cc(C(F)(F)F)c1.[Cl-].[Cl-]. The van der Waals surface area contributed by atoms with Gasteiger partial charge in [-0.05, 0) is 184 Å². The molecule has 0 N–H and O–H groups in total. The van der Waals surface area contributed by atoms with Crippen LogP contribution in [0.15, 0.2) is 97.1 Å². The number of fused-ring (bicyclic) bond motifs is 2. The van der Waals surface area contributed by atoms with Gasteiger partial charge in [0.2, 0.25) is 0 Å². The van der Waals surface area contributed by atoms with Crippen LogP contribution in [-0.2, 0) is 60.9 Å². The van der Waals surface area contributed by atoms with Gasteiger partial charge in [0.05, 0.1) is 22.3 Å². The zero-order chi connectivity index (χ0) is 55.1. The van der Waals surface area contributed by atoms with Crippen LogP contribution in [0.2, 0.25) is 12.6 Å². The summed E-state index contributed by atoms with van der Waals surface area (Å²) in [5, 5.41) is 3.16. The van der Waals surface area contributed by atoms with Crippen molar-refractivity contribution in [1.82, 2.24) is 0 Å². The van der Waals surface area contributed by atoms with Gasteiger partial charge in [-0.1, -0.05) is 23.3 Å². The Bertz CT molecular complexity index is 2810. The average Bonchev–Trinajstić information content (AvgIpc) is 4.05. The van der Waals surface area contributed by atoms with E-state index in [1.165, 1.54) is 87.5 Å². The van der Waals surface area contributed by atoms with Crippen molar-refractivity contribution >= 4 is 27.0 Å². The van der Waals surface area contributed by atoms with Crippen LogP contribution in [0.1, 0.15) is 104 Å². The van der Waals surface area contributed by atoms with Crippen LogP contribution in [0.5, 0.6) is 0 Å². The number of halogens is 17. The molecular formula is C60H57Cl2F15SiZr-2. The second-order valence-electron chi connectivity index (χ2n) is 23.4. The van der Waals surface area contributed by atoms with Crippen LogP contribution in [-0.4, -0.2) is 11.6 Å². The summed E-state index contributed by atoms with van der Waals surface area (Å²) in [6.45, 7) is 1.93. The summed E-state index contributed by atoms with van der Waals surface area (Å²) in [6.07, 6.45) is -8.78. The topological polar surface area (TPSA) is 0 Å². The third-order valence-electron chi connectivity index (χ3n) is 18.0. The molecule has 8 fully saturated rings. The Morgan fingerprint density at radius 2 is 0.747 bits per heavy atom. The first-order valence-corrected chi connectivity index (χ1v) is 32.5. The third kappa shape index (κ3) is 14.2. The Balaban J connectivity index is 0.000000177. The normalized spacial score (nSPS) is 26.1. The van der Waals surface area contributed by atoms with E-state index in [9.17, 15) is 65.9 Å². The Kier molecular flexibility index (Phi) is 18.3. The molecule has 0 aromatic heterocycles. The zero-order valence-corrected chi connectivity index (χ0v) is 47.8. The Morgan fingerprint density at radius 3 is 1.00 bits per heavy atom. The minimum Gasteiger partial charge on any atom is -1.00 e. The maximum absolute atomic E-state index is 13.4. The number of rotatable bonds is 8. The zero-order valence-electron chi connectivity index (χ0n) is 42.8. The fraction of sp³-hybridized carbons (Fsp3) is 0.500. The largest absolute Gasteiger partial charge is 1.00 e. The predicted octanol–water partition coefficient (Wildman–Crippen LogP) is 13.9. The van der Waals surface area contributed by atoms with E-state index < -0.39 is 65.0 Å². The molecule has 0 atom stereocenters. The van der Waals surface area contributed by atoms with Crippen molar-refractivity contribution < 1.29 is 114 Å². The molecule has 0 amide bonds. The molecule has 426 valence electrons. The third-order valence-corrected chi connectivity index (χ3v) is 20.8. The second-order valence-corrected chi connectivity index (χ2v) is 31.8. The van der Waals surface area contributed by atoms with E-state index in [0.717, 1.165) is 106 Å². The summed E-state index contributed by atoms with van der Waals surface area (Å²) >= 11 is 1.29. The molecule has 8 aliphatic rings. The predicted molar refractivity (Wildman–Crippen MR) is 266 cm³/mol. The van der Waals surface area contributed by atoms with E-state index in [1.54, 1.807) is 24.3 Å². The minimum atomic E-state index is -4.86. The van der Waals surface area contributed by atoms with Gasteiger partial charge in [0, 0.05) is 0 Å². The van der Waals surface area contributed by atoms with Crippen LogP contribution in [0.25, 0.3) is 43.8 Å². The van der Waals surface area contributed by atoms with Crippen LogP contribution in [0.4, 0.5) is 65.9 Å². The summed E-state index contributed by atoms with van der Waals surface area (Å²) < 4.78 is 195. The molecule has 14 rings (SSSR count). The van der Waals surface area contributed by atoms with Crippen LogP contribution >= 0.6 is 0 Å². The van der Waals surface area contributed by atoms with Gasteiger partial charge in [0.1, 0.15) is 0 Å². The standard InChI is InChI=1S/2C28H25F6.C4H7F3Si.2ClH.Zr/c2*29-27(30,31)22-12-21(13-23(14-22)28(32,33)34)24-3-1-2-18-5-17(11-26(18)24)10-25-19-6-15-4-16(8-19)9-20(25)7-15;1-8-3-2-4(5,6)7;;;/h2*1-3,5,11-16,19-20,25H,4,6-10H2;2-3H2,1H3;2*1H;/q2*-1;;;;+2/p-2. The Hall–Kier alpha value is -3.27. The van der Waals surface area contributed by atoms with Crippen molar-refractivity contribution in [2.24, 2.45) is 59.2 Å². The van der Waals surface area contributed by atoms with E-state index in [4.69, 9.17) is 0 Å². The number of hydrogen-bond acceptors (Lipinski definition) is 0. The van der Waals surface area contributed by atoms with Gasteiger partial charge < -0.3 is 24.8 Å². The number of benzene rings is 4. The smallest absolute Gasteiger partial charge is 0.416 e. The van der Waals surface area contributed by atoms with Gasteiger partial charge in [-0.2, -0.15) is 64.8 Å². The molecular weight excluding hydrogens is 1200 g/mol. The fourth-order valence-corrected chi connectivity index (χ4v) is 16.7. The molecule has 0 spiro atoms. The Labute approximate surface area is 477 Å². The summed E-state index contributed by atoms with van der Waals surface area (Å²) in [4.78, 5) is 0. The summed E-state index contributed by atoms with van der Waals surface area (Å²) in [5.74, 6) is 7.83. The van der Waals surface area contributed by atoms with Crippen molar-refractivity contribution in [3.63, 3.8) is 0 Å². The van der Waals surface area contributed by atoms with Crippen molar-refractivity contribution in [2.45, 2.75) is 127 Å². The van der Waals surface area contributed by atoms with Crippen molar-refractivity contribution in [3.8, 4) is 22.3 Å². The van der Waals surface area contributed by atoms with Crippen LogP contribution in [0.3, 0.4) is 0 Å². The summed E-state index contributed by atoms with van der Waals surface area (Å²) in [5.41, 5.74) is -2.74. The van der Waals surface area contributed by atoms with Crippen LogP contribution in [0, 0.1) is 59.2 Å². The summed E-state index contributed by atoms with van der Waals surface area (Å²) in [7, 11) is 0. The molecule has 8 bridgehead atoms. The Morgan fingerprint density at radius 1 is 0.443 bits per heavy atom. The van der Waals surface area contributed by atoms with Gasteiger partial charge in [-0.25, -0.2) is 0 Å². The number of alkyl halides is 15. The number of hydrogen-bond donors (Lipinski definition) is 0. The summed E-state index contributed by atoms with van der Waals surface area (Å²) in [6, 6.07) is 22.6. The molecule has 0 radical (unpaired) electrons. The van der Waals surface area contributed by atoms with Gasteiger partial charge in [0.15, 0.2) is 0 Å². The fourth-order valence-electron chi connectivity index (χ4n) is 15.2. The molecule has 0 aliphatic heterocycles. The average molecular weight is 1250 g/mol.